The number of hydrogen-bond acceptors (Lipinski definition) is 5. The molecule has 0 saturated heterocycles. The first-order valence-electron chi connectivity index (χ1n) is 4.39. The maximum atomic E-state index is 10.1. The van der Waals surface area contributed by atoms with Crippen LogP contribution in [0.1, 0.15) is 11.5 Å². The molecule has 0 atom stereocenters. The van der Waals surface area contributed by atoms with Crippen LogP contribution in [0.15, 0.2) is 16.5 Å². The Morgan fingerprint density at radius 1 is 1.00 bits per heavy atom. The molecule has 0 aliphatic heterocycles. The lowest BCUT2D eigenvalue weighted by Crippen LogP contribution is -2.04. The molecule has 0 aromatic carbocycles. The highest BCUT2D eigenvalue weighted by molar-refractivity contribution is 5.07. The molecule has 0 fully saturated rings. The molecule has 1 heterocycles. The molecule has 7 heteroatoms. The van der Waals surface area contributed by atoms with E-state index in [1.165, 1.54) is 0 Å². The van der Waals surface area contributed by atoms with Gasteiger partial charge in [0.25, 0.3) is 0 Å². The second-order valence-corrected chi connectivity index (χ2v) is 2.98. The van der Waals surface area contributed by atoms with Crippen LogP contribution >= 0.6 is 0 Å². The summed E-state index contributed by atoms with van der Waals surface area (Å²) < 4.78 is 5.18. The molecule has 1 aromatic rings. The van der Waals surface area contributed by atoms with Crippen molar-refractivity contribution in [2.45, 2.75) is 12.8 Å². The van der Waals surface area contributed by atoms with Crippen LogP contribution in [-0.2, 0) is 12.8 Å². The van der Waals surface area contributed by atoms with Gasteiger partial charge in [-0.15, -0.1) is 0 Å². The Morgan fingerprint density at radius 2 is 1.40 bits per heavy atom. The topological polar surface area (TPSA) is 99.4 Å². The summed E-state index contributed by atoms with van der Waals surface area (Å²) in [5, 5.41) is 20.1. The fourth-order valence-corrected chi connectivity index (χ4v) is 1.09. The van der Waals surface area contributed by atoms with Gasteiger partial charge < -0.3 is 4.42 Å². The van der Waals surface area contributed by atoms with Crippen molar-refractivity contribution in [1.29, 1.82) is 0 Å². The van der Waals surface area contributed by atoms with Gasteiger partial charge in [0.05, 0.1) is 12.8 Å². The summed E-state index contributed by atoms with van der Waals surface area (Å²) in [5.74, 6) is 0.982. The summed E-state index contributed by atoms with van der Waals surface area (Å²) in [6.45, 7) is -0.385. The van der Waals surface area contributed by atoms with Crippen LogP contribution < -0.4 is 0 Å². The van der Waals surface area contributed by atoms with E-state index in [1.54, 1.807) is 12.1 Å². The lowest BCUT2D eigenvalue weighted by Gasteiger charge is -1.92. The molecule has 0 saturated carbocycles. The van der Waals surface area contributed by atoms with E-state index >= 15 is 0 Å². The van der Waals surface area contributed by atoms with Crippen molar-refractivity contribution in [1.82, 2.24) is 0 Å². The summed E-state index contributed by atoms with van der Waals surface area (Å²) in [5.41, 5.74) is 0. The zero-order valence-electron chi connectivity index (χ0n) is 7.92. The molecule has 0 bridgehead atoms. The minimum atomic E-state index is -0.431. The average molecular weight is 214 g/mol. The lowest BCUT2D eigenvalue weighted by molar-refractivity contribution is -0.479. The molecule has 0 radical (unpaired) electrons. The predicted octanol–water partition coefficient (Wildman–Crippen LogP) is 0.918. The van der Waals surface area contributed by atoms with Gasteiger partial charge in [-0.05, 0) is 12.1 Å². The highest BCUT2D eigenvalue weighted by Crippen LogP contribution is 2.09. The van der Waals surface area contributed by atoms with E-state index in [9.17, 15) is 20.2 Å². The van der Waals surface area contributed by atoms with Gasteiger partial charge in [0.15, 0.2) is 0 Å². The van der Waals surface area contributed by atoms with Crippen LogP contribution in [0.2, 0.25) is 0 Å². The Bertz CT molecular complexity index is 327. The van der Waals surface area contributed by atoms with E-state index in [1.807, 2.05) is 0 Å². The molecule has 0 aliphatic rings. The van der Waals surface area contributed by atoms with Crippen LogP contribution in [0.4, 0.5) is 0 Å². The van der Waals surface area contributed by atoms with Gasteiger partial charge in [0.2, 0.25) is 13.1 Å². The van der Waals surface area contributed by atoms with Gasteiger partial charge >= 0.3 is 0 Å². The van der Waals surface area contributed by atoms with Gasteiger partial charge in [0, 0.05) is 9.85 Å². The molecule has 0 amide bonds. The molecule has 1 rings (SSSR count). The molecule has 82 valence electrons. The smallest absolute Gasteiger partial charge is 0.210 e. The Balaban J connectivity index is 2.41. The number of nitrogens with zero attached hydrogens (tertiary/aromatic N) is 2. The lowest BCUT2D eigenvalue weighted by atomic mass is 10.3. The van der Waals surface area contributed by atoms with Gasteiger partial charge in [0.1, 0.15) is 11.5 Å². The third-order valence-corrected chi connectivity index (χ3v) is 1.80. The van der Waals surface area contributed by atoms with E-state index in [0.717, 1.165) is 0 Å². The molecule has 0 unspecified atom stereocenters. The van der Waals surface area contributed by atoms with Gasteiger partial charge in [-0.2, -0.15) is 0 Å². The van der Waals surface area contributed by atoms with Crippen molar-refractivity contribution >= 4 is 0 Å². The van der Waals surface area contributed by atoms with Crippen molar-refractivity contribution in [2.75, 3.05) is 13.1 Å². The highest BCUT2D eigenvalue weighted by Gasteiger charge is 2.07. The van der Waals surface area contributed by atoms with Gasteiger partial charge in [-0.25, -0.2) is 0 Å². The maximum absolute atomic E-state index is 10.1. The van der Waals surface area contributed by atoms with Crippen LogP contribution in [0, 0.1) is 20.2 Å². The van der Waals surface area contributed by atoms with Crippen molar-refractivity contribution in [3.63, 3.8) is 0 Å². The predicted molar refractivity (Wildman–Crippen MR) is 49.8 cm³/mol. The first kappa shape index (κ1) is 11.2. The fourth-order valence-electron chi connectivity index (χ4n) is 1.09. The molecule has 1 aromatic heterocycles. The SMILES string of the molecule is O=[N+]([O-])CCc1ccc(CC[N+](=O)[O-])o1. The van der Waals surface area contributed by atoms with Gasteiger partial charge in [-0.1, -0.05) is 0 Å². The summed E-state index contributed by atoms with van der Waals surface area (Å²) in [7, 11) is 0. The number of rotatable bonds is 6. The summed E-state index contributed by atoms with van der Waals surface area (Å²) in [6.07, 6.45) is 0.428. The zero-order valence-corrected chi connectivity index (χ0v) is 7.92. The summed E-state index contributed by atoms with van der Waals surface area (Å²) in [6, 6.07) is 3.22. The monoisotopic (exact) mass is 214 g/mol. The third-order valence-electron chi connectivity index (χ3n) is 1.80. The minimum Gasteiger partial charge on any atom is -0.466 e. The highest BCUT2D eigenvalue weighted by atomic mass is 16.6. The first-order chi connectivity index (χ1) is 7.08. The second-order valence-electron chi connectivity index (χ2n) is 2.98. The van der Waals surface area contributed by atoms with Crippen molar-refractivity contribution in [2.24, 2.45) is 0 Å². The van der Waals surface area contributed by atoms with Crippen LogP contribution in [0.3, 0.4) is 0 Å². The average Bonchev–Trinajstić information content (AvgIpc) is 2.59. The minimum absolute atomic E-state index is 0.192. The van der Waals surface area contributed by atoms with E-state index < -0.39 is 9.85 Å². The van der Waals surface area contributed by atoms with Crippen molar-refractivity contribution in [3.8, 4) is 0 Å². The Kier molecular flexibility index (Phi) is 3.78. The molecular weight excluding hydrogens is 204 g/mol. The largest absolute Gasteiger partial charge is 0.466 e. The molecule has 0 aliphatic carbocycles. The molecular formula is C8H10N2O5. The number of hydrogen-bond donors (Lipinski definition) is 0. The number of furan rings is 1. The second kappa shape index (κ2) is 5.08. The van der Waals surface area contributed by atoms with Crippen LogP contribution in [0.5, 0.6) is 0 Å². The van der Waals surface area contributed by atoms with Crippen LogP contribution in [-0.4, -0.2) is 22.9 Å². The van der Waals surface area contributed by atoms with Gasteiger partial charge in [-0.3, -0.25) is 20.2 Å². The molecule has 0 spiro atoms. The normalized spacial score (nSPS) is 10.1. The third kappa shape index (κ3) is 4.21. The first-order valence-corrected chi connectivity index (χ1v) is 4.39. The zero-order chi connectivity index (χ0) is 11.3. The van der Waals surface area contributed by atoms with Crippen LogP contribution in [0.25, 0.3) is 0 Å². The van der Waals surface area contributed by atoms with Crippen molar-refractivity contribution < 1.29 is 14.3 Å². The standard InChI is InChI=1S/C8H10N2O5/c11-9(12)5-3-7-1-2-8(15-7)4-6-10(13)14/h1-2H,3-6H2. The Labute approximate surface area is 85.0 Å². The summed E-state index contributed by atoms with van der Waals surface area (Å²) >= 11 is 0. The van der Waals surface area contributed by atoms with E-state index in [0.29, 0.717) is 11.5 Å². The number of nitro groups is 2. The maximum Gasteiger partial charge on any atom is 0.210 e. The Morgan fingerprint density at radius 3 is 1.73 bits per heavy atom. The van der Waals surface area contributed by atoms with Crippen molar-refractivity contribution in [3.05, 3.63) is 43.9 Å². The molecule has 0 N–H and O–H groups in total. The molecule has 15 heavy (non-hydrogen) atoms. The quantitative estimate of drug-likeness (QED) is 0.517. The Hall–Kier alpha value is -1.92. The molecule has 7 nitrogen and oxygen atoms in total. The van der Waals surface area contributed by atoms with E-state index in [4.69, 9.17) is 4.42 Å². The van der Waals surface area contributed by atoms with E-state index in [-0.39, 0.29) is 25.9 Å². The fraction of sp³-hybridized carbons (Fsp3) is 0.500. The summed E-state index contributed by atoms with van der Waals surface area (Å²) in [4.78, 5) is 19.3. The van der Waals surface area contributed by atoms with E-state index in [2.05, 4.69) is 0 Å².